The van der Waals surface area contributed by atoms with Crippen LogP contribution in [0.5, 0.6) is 23.0 Å². The number of halogens is 3. The van der Waals surface area contributed by atoms with Crippen molar-refractivity contribution < 1.29 is 80.7 Å². The number of aromatic carboxylic acids is 1. The number of aromatic hydroxyl groups is 1. The molecule has 1 heterocycles. The van der Waals surface area contributed by atoms with Crippen LogP contribution in [-0.2, 0) is 52.5 Å². The highest BCUT2D eigenvalue weighted by atomic mass is 32.1. The van der Waals surface area contributed by atoms with Crippen molar-refractivity contribution in [2.45, 2.75) is 116 Å². The molecule has 1 aliphatic heterocycles. The molecule has 102 heavy (non-hydrogen) atoms. The molecule has 6 aromatic carbocycles. The highest BCUT2D eigenvalue weighted by molar-refractivity contribution is 7.80. The fourth-order valence-corrected chi connectivity index (χ4v) is 12.4. The smallest absolute Gasteiger partial charge is 0.416 e. The van der Waals surface area contributed by atoms with Gasteiger partial charge in [0.1, 0.15) is 29.7 Å². The van der Waals surface area contributed by atoms with E-state index in [-0.39, 0.29) is 90.5 Å². The van der Waals surface area contributed by atoms with E-state index in [1.807, 2.05) is 19.1 Å². The van der Waals surface area contributed by atoms with Gasteiger partial charge in [0.25, 0.3) is 17.7 Å². The maximum atomic E-state index is 14.2. The van der Waals surface area contributed by atoms with Crippen molar-refractivity contribution in [3.8, 4) is 23.0 Å². The third kappa shape index (κ3) is 19.6. The number of esters is 1. The van der Waals surface area contributed by atoms with Crippen LogP contribution >= 0.6 is 12.2 Å². The molecule has 536 valence electrons. The molecule has 1 saturated heterocycles. The molecule has 1 unspecified atom stereocenters. The minimum absolute atomic E-state index is 0.0110. The van der Waals surface area contributed by atoms with E-state index in [9.17, 15) is 61.7 Å². The van der Waals surface area contributed by atoms with Crippen molar-refractivity contribution in [3.63, 3.8) is 0 Å². The van der Waals surface area contributed by atoms with Crippen molar-refractivity contribution in [2.75, 3.05) is 57.6 Å². The number of ether oxygens (including phenoxy) is 4. The van der Waals surface area contributed by atoms with Crippen LogP contribution < -0.4 is 46.1 Å². The number of anilines is 3. The minimum atomic E-state index is -4.57. The minimum Gasteiger partial charge on any atom is -0.508 e. The number of phenols is 1. The van der Waals surface area contributed by atoms with Crippen molar-refractivity contribution >= 4 is 87.1 Å². The molecule has 8 N–H and O–H groups in total. The van der Waals surface area contributed by atoms with Gasteiger partial charge in [-0.2, -0.15) is 13.2 Å². The van der Waals surface area contributed by atoms with Gasteiger partial charge in [0.15, 0.2) is 29.0 Å². The van der Waals surface area contributed by atoms with Gasteiger partial charge in [-0.1, -0.05) is 75.4 Å². The lowest BCUT2D eigenvalue weighted by Gasteiger charge is -2.36. The molecule has 3 aliphatic rings. The Labute approximate surface area is 594 Å². The zero-order chi connectivity index (χ0) is 73.3. The molecule has 1 fully saturated rings. The number of likely N-dealkylation sites (tertiary alicyclic amines) is 1. The van der Waals surface area contributed by atoms with E-state index >= 15 is 0 Å². The van der Waals surface area contributed by atoms with Crippen LogP contribution in [0.25, 0.3) is 5.57 Å². The van der Waals surface area contributed by atoms with Crippen molar-refractivity contribution in [1.82, 2.24) is 26.2 Å². The zero-order valence-electron chi connectivity index (χ0n) is 57.2. The molecular formula is C77H82F3N7O14S. The molecule has 2 aliphatic carbocycles. The lowest BCUT2D eigenvalue weighted by molar-refractivity contribution is -0.164. The van der Waals surface area contributed by atoms with Gasteiger partial charge >= 0.3 is 18.1 Å². The van der Waals surface area contributed by atoms with Crippen LogP contribution in [0.3, 0.4) is 0 Å². The van der Waals surface area contributed by atoms with Gasteiger partial charge in [-0.05, 0) is 218 Å². The van der Waals surface area contributed by atoms with Gasteiger partial charge < -0.3 is 66.0 Å². The fraction of sp³-hybridized carbons (Fsp3) is 0.338. The topological polar surface area (TPSA) is 289 Å². The summed E-state index contributed by atoms with van der Waals surface area (Å²) in [5.41, 5.74) is 4.07. The first-order valence-corrected chi connectivity index (χ1v) is 34.1. The number of carbonyl (C=O) groups is 8. The Hall–Kier alpha value is -10.8. The Kier molecular flexibility index (Phi) is 25.5. The first kappa shape index (κ1) is 75.4. The maximum absolute atomic E-state index is 14.2. The van der Waals surface area contributed by atoms with E-state index in [0.717, 1.165) is 17.7 Å². The third-order valence-corrected chi connectivity index (χ3v) is 18.3. The predicted molar refractivity (Wildman–Crippen MR) is 382 cm³/mol. The second kappa shape index (κ2) is 34.5. The summed E-state index contributed by atoms with van der Waals surface area (Å²) in [6.45, 7) is 5.52. The lowest BCUT2D eigenvalue weighted by atomic mass is 9.76. The average molecular weight is 1420 g/mol. The summed E-state index contributed by atoms with van der Waals surface area (Å²) in [6.07, 6.45) is 3.62. The van der Waals surface area contributed by atoms with Crippen LogP contribution in [0.1, 0.15) is 139 Å². The molecule has 0 radical (unpaired) electrons. The number of piperidine rings is 1. The number of aryl methyl sites for hydroxylation is 1. The first-order chi connectivity index (χ1) is 48.8. The number of nitrogens with one attached hydrogen (secondary N) is 6. The number of allylic oxidation sites excluding steroid dienone is 5. The summed E-state index contributed by atoms with van der Waals surface area (Å²) in [7, 11) is 3.08. The molecule has 0 spiro atoms. The van der Waals surface area contributed by atoms with Crippen molar-refractivity contribution in [3.05, 3.63) is 201 Å². The first-order valence-electron chi connectivity index (χ1n) is 33.6. The summed E-state index contributed by atoms with van der Waals surface area (Å²) < 4.78 is 63.5. The number of alkyl halides is 3. The van der Waals surface area contributed by atoms with Gasteiger partial charge in [0.05, 0.1) is 36.6 Å². The number of unbranched alkanes of at least 4 members (excludes halogenated alkanes) is 1. The lowest BCUT2D eigenvalue weighted by Crippen LogP contribution is -2.53. The van der Waals surface area contributed by atoms with E-state index in [4.69, 9.17) is 31.2 Å². The highest BCUT2D eigenvalue weighted by Gasteiger charge is 2.42. The van der Waals surface area contributed by atoms with Crippen LogP contribution in [0, 0.1) is 5.41 Å². The summed E-state index contributed by atoms with van der Waals surface area (Å²) in [5.74, 6) is -3.36. The molecular weight excluding hydrogens is 1340 g/mol. The molecule has 21 nitrogen and oxygen atoms in total. The Morgan fingerprint density at radius 1 is 0.745 bits per heavy atom. The summed E-state index contributed by atoms with van der Waals surface area (Å²) >= 11 is 5.74. The Morgan fingerprint density at radius 2 is 1.49 bits per heavy atom. The second-order valence-electron chi connectivity index (χ2n) is 25.5. The highest BCUT2D eigenvalue weighted by Crippen LogP contribution is 2.43. The Balaban J connectivity index is 0.824. The van der Waals surface area contributed by atoms with Gasteiger partial charge in [0, 0.05) is 43.0 Å². The number of ketones is 2. The zero-order valence-corrected chi connectivity index (χ0v) is 58.0. The molecule has 25 heteroatoms. The number of amides is 4. The number of carboxylic acids is 1. The van der Waals surface area contributed by atoms with Crippen LogP contribution in [0.2, 0.25) is 0 Å². The van der Waals surface area contributed by atoms with E-state index in [0.29, 0.717) is 114 Å². The number of hydrogen-bond acceptors (Lipinski definition) is 15. The molecule has 4 amide bonds. The number of carbonyl (C=O) groups excluding carboxylic acids is 7. The van der Waals surface area contributed by atoms with Gasteiger partial charge in [-0.25, -0.2) is 9.59 Å². The number of thiocarbonyl (C=S) groups is 1. The third-order valence-electron chi connectivity index (χ3n) is 18.1. The number of carboxylic acid groups (broad SMARTS) is 1. The molecule has 6 aromatic rings. The Bertz CT molecular complexity index is 4250. The summed E-state index contributed by atoms with van der Waals surface area (Å²) in [5, 5.41) is 38.5. The normalized spacial score (nSPS) is 14.7. The number of Topliss-reactive ketones (excluding diaryl/α,β-unsaturated/α-hetero) is 1. The largest absolute Gasteiger partial charge is 0.508 e. The van der Waals surface area contributed by atoms with Crippen LogP contribution in [0.15, 0.2) is 157 Å². The van der Waals surface area contributed by atoms with E-state index in [1.54, 1.807) is 99.8 Å². The molecule has 9 rings (SSSR count). The number of fused-ring (bicyclic) bond motifs is 2. The van der Waals surface area contributed by atoms with E-state index in [1.165, 1.54) is 54.5 Å². The van der Waals surface area contributed by atoms with Gasteiger partial charge in [-0.15, -0.1) is 0 Å². The number of methoxy groups -OCH3 is 2. The molecule has 0 saturated carbocycles. The summed E-state index contributed by atoms with van der Waals surface area (Å²) in [4.78, 5) is 109. The summed E-state index contributed by atoms with van der Waals surface area (Å²) in [6, 6.07) is 30.7. The number of phenolic OH excluding ortho intramolecular Hbond substituents is 1. The molecule has 0 aromatic heterocycles. The molecule has 0 bridgehead atoms. The monoisotopic (exact) mass is 1420 g/mol. The van der Waals surface area contributed by atoms with Crippen LogP contribution in [0.4, 0.5) is 30.2 Å². The maximum Gasteiger partial charge on any atom is 0.416 e. The number of para-hydroxylation sites is 1. The fourth-order valence-electron chi connectivity index (χ4n) is 12.1. The number of benzene rings is 6. The SMILES string of the molecule is CCC(C)(C)C(=O)C(=O)N1CCCC[C@H]1C(=O)O[C@H](CCc1ccc(OC)c(OC)c1)c1ccc(OCC(=O)NCCCCC(NC(=S)Nc2ccc(C3=C4C=CC(=O)C=C4Cc4cc(O)ccc43)c(C(=O)O)c2)C(=O)NCCCNC(=O)c2ccccc2Nc2cccc(C(F)(F)F)c2)cc1. The van der Waals surface area contributed by atoms with Crippen molar-refractivity contribution in [2.24, 2.45) is 5.41 Å². The quantitative estimate of drug-likeness (QED) is 0.00868. The number of nitrogens with zero attached hydrogens (tertiary/aromatic N) is 1. The van der Waals surface area contributed by atoms with Crippen LogP contribution in [-0.4, -0.2) is 126 Å². The number of rotatable bonds is 31. The second-order valence-corrected chi connectivity index (χ2v) is 25.9. The van der Waals surface area contributed by atoms with E-state index < -0.39 is 76.7 Å². The predicted octanol–water partition coefficient (Wildman–Crippen LogP) is 11.9. The molecule has 3 atom stereocenters. The standard InChI is InChI=1S/C77H82F3N7O14S/c1-6-76(2,3)69(91)72(94)87-38-12-10-20-63(87)74(97)101-64(33-21-46-22-34-65(98-4)66(39-46)99-5)47-23-28-55(29-24-47)100-45-67(90)81-35-11-9-19-62(71(93)83-37-14-36-82-70(92)59-17-7-8-18-61(59)84-51-16-13-15-50(43-51)77(78,79)80)86-75(102)85-52-25-30-58(60(44-52)73(95)96)68-56-31-26-53(88)41-48(56)40-49-42-54(89)27-32-57(49)68/h7-8,13,15-18,22-32,34,39,41-44,62-64,84,88H,6,9-12,14,19-21,33,35-38,40,45H2,1-5H3,(H,81,90)(H,82,92)(H,83,93)(H,95,96)(H2,85,86,102)/t62?,63-,64+/m0/s1. The Morgan fingerprint density at radius 3 is 2.24 bits per heavy atom. The number of hydrogen-bond donors (Lipinski definition) is 8. The average Bonchev–Trinajstić information content (AvgIpc) is 0.747. The van der Waals surface area contributed by atoms with E-state index in [2.05, 4.69) is 31.9 Å². The van der Waals surface area contributed by atoms with Gasteiger partial charge in [-0.3, -0.25) is 28.8 Å². The van der Waals surface area contributed by atoms with Crippen molar-refractivity contribution in [1.29, 1.82) is 0 Å². The van der Waals surface area contributed by atoms with Gasteiger partial charge in [0.2, 0.25) is 11.7 Å².